The highest BCUT2D eigenvalue weighted by molar-refractivity contribution is 5.79. The van der Waals surface area contributed by atoms with Gasteiger partial charge in [0.05, 0.1) is 22.0 Å². The number of rotatable bonds is 6. The molecular formula is C10H12N4O5. The molecule has 102 valence electrons. The Morgan fingerprint density at radius 3 is 2.47 bits per heavy atom. The van der Waals surface area contributed by atoms with E-state index in [0.717, 1.165) is 6.07 Å². The van der Waals surface area contributed by atoms with Gasteiger partial charge in [-0.25, -0.2) is 0 Å². The van der Waals surface area contributed by atoms with Crippen LogP contribution >= 0.6 is 0 Å². The van der Waals surface area contributed by atoms with Crippen molar-refractivity contribution in [2.24, 2.45) is 5.73 Å². The fourth-order valence-corrected chi connectivity index (χ4v) is 1.35. The average Bonchev–Trinajstić information content (AvgIpc) is 2.35. The van der Waals surface area contributed by atoms with Crippen LogP contribution in [0, 0.1) is 20.2 Å². The van der Waals surface area contributed by atoms with Crippen molar-refractivity contribution in [3.63, 3.8) is 0 Å². The van der Waals surface area contributed by atoms with Crippen LogP contribution in [0.15, 0.2) is 18.2 Å². The van der Waals surface area contributed by atoms with Crippen LogP contribution in [0.3, 0.4) is 0 Å². The second-order valence-corrected chi connectivity index (χ2v) is 3.83. The molecule has 0 aliphatic heterocycles. The molecule has 9 heteroatoms. The Morgan fingerprint density at radius 2 is 2.00 bits per heavy atom. The fourth-order valence-electron chi connectivity index (χ4n) is 1.35. The van der Waals surface area contributed by atoms with Gasteiger partial charge in [-0.1, -0.05) is 0 Å². The summed E-state index contributed by atoms with van der Waals surface area (Å²) in [7, 11) is 0. The van der Waals surface area contributed by atoms with Crippen LogP contribution in [0.1, 0.15) is 12.5 Å². The summed E-state index contributed by atoms with van der Waals surface area (Å²) in [5.41, 5.74) is 4.54. The number of carbonyl (C=O) groups excluding carboxylic acids is 1. The summed E-state index contributed by atoms with van der Waals surface area (Å²) in [5, 5.41) is 24.1. The fraction of sp³-hybridized carbons (Fsp3) is 0.300. The molecule has 1 rings (SSSR count). The number of hydrogen-bond donors (Lipinski definition) is 2. The zero-order valence-corrected chi connectivity index (χ0v) is 10.0. The van der Waals surface area contributed by atoms with Crippen molar-refractivity contribution in [1.82, 2.24) is 5.32 Å². The number of nitrogens with two attached hydrogens (primary N) is 1. The van der Waals surface area contributed by atoms with E-state index in [4.69, 9.17) is 5.73 Å². The van der Waals surface area contributed by atoms with Gasteiger partial charge in [-0.3, -0.25) is 25.0 Å². The summed E-state index contributed by atoms with van der Waals surface area (Å²) in [6, 6.07) is 2.66. The van der Waals surface area contributed by atoms with Crippen LogP contribution in [0.4, 0.5) is 11.4 Å². The summed E-state index contributed by atoms with van der Waals surface area (Å²) in [4.78, 5) is 30.8. The van der Waals surface area contributed by atoms with E-state index >= 15 is 0 Å². The first kappa shape index (κ1) is 14.5. The topological polar surface area (TPSA) is 141 Å². The van der Waals surface area contributed by atoms with Crippen LogP contribution in [0.2, 0.25) is 0 Å². The first-order chi connectivity index (χ1) is 8.82. The predicted molar refractivity (Wildman–Crippen MR) is 65.2 cm³/mol. The van der Waals surface area contributed by atoms with E-state index in [1.54, 1.807) is 0 Å². The lowest BCUT2D eigenvalue weighted by Gasteiger charge is -2.09. The Kier molecular flexibility index (Phi) is 4.48. The van der Waals surface area contributed by atoms with E-state index in [1.165, 1.54) is 19.1 Å². The van der Waals surface area contributed by atoms with Gasteiger partial charge < -0.3 is 11.1 Å². The normalized spacial score (nSPS) is 11.8. The van der Waals surface area contributed by atoms with Crippen molar-refractivity contribution in [2.45, 2.75) is 19.5 Å². The molecule has 1 aromatic rings. The Labute approximate surface area is 107 Å². The number of carbonyl (C=O) groups is 1. The monoisotopic (exact) mass is 268 g/mol. The van der Waals surface area contributed by atoms with Gasteiger partial charge >= 0.3 is 0 Å². The first-order valence-electron chi connectivity index (χ1n) is 5.27. The lowest BCUT2D eigenvalue weighted by molar-refractivity contribution is -0.394. The van der Waals surface area contributed by atoms with Gasteiger partial charge in [-0.05, 0) is 13.0 Å². The van der Waals surface area contributed by atoms with E-state index in [1.807, 2.05) is 0 Å². The summed E-state index contributed by atoms with van der Waals surface area (Å²) in [5.74, 6) is -0.593. The molecule has 0 heterocycles. The van der Waals surface area contributed by atoms with Crippen LogP contribution in [-0.2, 0) is 11.3 Å². The van der Waals surface area contributed by atoms with Gasteiger partial charge in [0, 0.05) is 18.2 Å². The van der Waals surface area contributed by atoms with Crippen molar-refractivity contribution in [3.8, 4) is 0 Å². The maximum Gasteiger partial charge on any atom is 0.280 e. The molecule has 3 N–H and O–H groups in total. The number of non-ortho nitro benzene ring substituents is 1. The molecular weight excluding hydrogens is 256 g/mol. The Bertz CT molecular complexity index is 531. The number of hydrogen-bond acceptors (Lipinski definition) is 6. The van der Waals surface area contributed by atoms with Gasteiger partial charge in [0.25, 0.3) is 11.4 Å². The maximum absolute atomic E-state index is 10.8. The molecule has 0 radical (unpaired) electrons. The van der Waals surface area contributed by atoms with Gasteiger partial charge in [0.1, 0.15) is 0 Å². The van der Waals surface area contributed by atoms with Crippen molar-refractivity contribution in [2.75, 3.05) is 0 Å². The number of nitro benzene ring substituents is 2. The van der Waals surface area contributed by atoms with E-state index in [0.29, 0.717) is 0 Å². The van der Waals surface area contributed by atoms with Crippen molar-refractivity contribution in [1.29, 1.82) is 0 Å². The molecule has 1 amide bonds. The molecule has 9 nitrogen and oxygen atoms in total. The van der Waals surface area contributed by atoms with E-state index in [9.17, 15) is 25.0 Å². The molecule has 0 saturated heterocycles. The molecule has 0 aromatic heterocycles. The molecule has 0 aliphatic carbocycles. The highest BCUT2D eigenvalue weighted by atomic mass is 16.6. The van der Waals surface area contributed by atoms with E-state index in [2.05, 4.69) is 5.32 Å². The van der Waals surface area contributed by atoms with Crippen molar-refractivity contribution >= 4 is 17.3 Å². The number of benzene rings is 1. The molecule has 0 spiro atoms. The number of nitro groups is 2. The predicted octanol–water partition coefficient (Wildman–Crippen LogP) is 0.466. The average molecular weight is 268 g/mol. The minimum atomic E-state index is -0.712. The second kappa shape index (κ2) is 5.87. The minimum Gasteiger partial charge on any atom is -0.368 e. The molecule has 19 heavy (non-hydrogen) atoms. The molecule has 0 aliphatic rings. The van der Waals surface area contributed by atoms with Crippen LogP contribution in [0.25, 0.3) is 0 Å². The molecule has 1 aromatic carbocycles. The van der Waals surface area contributed by atoms with Crippen molar-refractivity contribution in [3.05, 3.63) is 44.0 Å². The van der Waals surface area contributed by atoms with Gasteiger partial charge in [-0.15, -0.1) is 0 Å². The highest BCUT2D eigenvalue weighted by Gasteiger charge is 2.20. The minimum absolute atomic E-state index is 0.0123. The molecule has 1 unspecified atom stereocenters. The van der Waals surface area contributed by atoms with Crippen molar-refractivity contribution < 1.29 is 14.6 Å². The Hall–Kier alpha value is -2.55. The zero-order valence-electron chi connectivity index (χ0n) is 10.0. The Morgan fingerprint density at radius 1 is 1.37 bits per heavy atom. The van der Waals surface area contributed by atoms with Crippen LogP contribution in [-0.4, -0.2) is 21.8 Å². The third-order valence-corrected chi connectivity index (χ3v) is 2.50. The number of nitrogens with zero attached hydrogens (tertiary/aromatic N) is 2. The lowest BCUT2D eigenvalue weighted by atomic mass is 10.1. The van der Waals surface area contributed by atoms with E-state index in [-0.39, 0.29) is 23.5 Å². The summed E-state index contributed by atoms with van der Waals surface area (Å²) >= 11 is 0. The maximum atomic E-state index is 10.8. The van der Waals surface area contributed by atoms with Crippen LogP contribution in [0.5, 0.6) is 0 Å². The SMILES string of the molecule is CC(NCc1ccc([N+](=O)[O-])cc1[N+](=O)[O-])C(N)=O. The third-order valence-electron chi connectivity index (χ3n) is 2.50. The standard InChI is InChI=1S/C10H12N4O5/c1-6(10(11)15)12-5-7-2-3-8(13(16)17)4-9(7)14(18)19/h2-4,6,12H,5H2,1H3,(H2,11,15). The summed E-state index contributed by atoms with van der Waals surface area (Å²) < 4.78 is 0. The molecule has 0 bridgehead atoms. The van der Waals surface area contributed by atoms with Gasteiger partial charge in [-0.2, -0.15) is 0 Å². The number of amides is 1. The number of primary amides is 1. The molecule has 0 fully saturated rings. The van der Waals surface area contributed by atoms with Gasteiger partial charge in [0.2, 0.25) is 5.91 Å². The quantitative estimate of drug-likeness (QED) is 0.567. The second-order valence-electron chi connectivity index (χ2n) is 3.83. The molecule has 1 atom stereocenters. The zero-order chi connectivity index (χ0) is 14.6. The molecule has 0 saturated carbocycles. The van der Waals surface area contributed by atoms with E-state index < -0.39 is 21.8 Å². The lowest BCUT2D eigenvalue weighted by Crippen LogP contribution is -2.38. The number of nitrogens with one attached hydrogen (secondary N) is 1. The largest absolute Gasteiger partial charge is 0.368 e. The smallest absolute Gasteiger partial charge is 0.280 e. The Balaban J connectivity index is 2.97. The summed E-state index contributed by atoms with van der Waals surface area (Å²) in [6.07, 6.45) is 0. The first-order valence-corrected chi connectivity index (χ1v) is 5.27. The third kappa shape index (κ3) is 3.71. The van der Waals surface area contributed by atoms with Gasteiger partial charge in [0.15, 0.2) is 0 Å². The summed E-state index contributed by atoms with van der Waals surface area (Å²) in [6.45, 7) is 1.53. The highest BCUT2D eigenvalue weighted by Crippen LogP contribution is 2.24. The van der Waals surface area contributed by atoms with Crippen LogP contribution < -0.4 is 11.1 Å².